The molecule has 0 radical (unpaired) electrons. The number of piperidine rings is 1. The summed E-state index contributed by atoms with van der Waals surface area (Å²) in [6.07, 6.45) is 5.44. The van der Waals surface area contributed by atoms with Gasteiger partial charge >= 0.3 is 0 Å². The smallest absolute Gasteiger partial charge is 0.232 e. The minimum absolute atomic E-state index is 0.223. The molecule has 15 heteroatoms. The maximum absolute atomic E-state index is 12.7. The molecule has 260 valence electrons. The van der Waals surface area contributed by atoms with Gasteiger partial charge in [-0.25, -0.2) is 13.4 Å². The summed E-state index contributed by atoms with van der Waals surface area (Å²) in [5.41, 5.74) is 2.52. The SMILES string of the molecule is CCN(c1cc2ccc1Nc1nc(ncc1Cl)Nc1cc(c(N3CCC(N4CCN(C)CC4)CC3)cc1OC)OCCCO2)S(C)(=O)=O. The second-order valence-electron chi connectivity index (χ2n) is 12.4. The van der Waals surface area contributed by atoms with Crippen molar-refractivity contribution < 1.29 is 22.6 Å². The average molecular weight is 701 g/mol. The number of anilines is 6. The number of fused-ring (bicyclic) bond motifs is 6. The lowest BCUT2D eigenvalue weighted by molar-refractivity contribution is 0.0981. The molecule has 0 saturated carbocycles. The Morgan fingerprint density at radius 3 is 2.48 bits per heavy atom. The first-order valence-corrected chi connectivity index (χ1v) is 18.7. The van der Waals surface area contributed by atoms with Gasteiger partial charge in [0.2, 0.25) is 16.0 Å². The second kappa shape index (κ2) is 14.8. The van der Waals surface area contributed by atoms with Gasteiger partial charge in [-0.05, 0) is 38.9 Å². The van der Waals surface area contributed by atoms with Crippen LogP contribution in [0.3, 0.4) is 0 Å². The lowest BCUT2D eigenvalue weighted by Gasteiger charge is -2.42. The van der Waals surface area contributed by atoms with Crippen LogP contribution < -0.4 is 34.0 Å². The number of benzene rings is 2. The molecule has 2 fully saturated rings. The number of aromatic nitrogens is 2. The highest BCUT2D eigenvalue weighted by Crippen LogP contribution is 2.42. The number of piperazine rings is 1. The molecule has 0 aliphatic carbocycles. The van der Waals surface area contributed by atoms with Crippen molar-refractivity contribution >= 4 is 56.1 Å². The molecule has 0 atom stereocenters. The average Bonchev–Trinajstić information content (AvgIpc) is 3.07. The van der Waals surface area contributed by atoms with E-state index in [2.05, 4.69) is 42.3 Å². The molecular formula is C33H45ClN8O5S. The Morgan fingerprint density at radius 2 is 1.77 bits per heavy atom. The minimum atomic E-state index is -3.59. The van der Waals surface area contributed by atoms with Gasteiger partial charge in [0.25, 0.3) is 0 Å². The van der Waals surface area contributed by atoms with Crippen LogP contribution in [0.25, 0.3) is 0 Å². The van der Waals surface area contributed by atoms with Gasteiger partial charge in [0.05, 0.1) is 55.5 Å². The number of rotatable bonds is 6. The van der Waals surface area contributed by atoms with Crippen LogP contribution in [0.15, 0.2) is 36.5 Å². The molecule has 2 saturated heterocycles. The molecular weight excluding hydrogens is 656 g/mol. The largest absolute Gasteiger partial charge is 0.494 e. The fraction of sp³-hybridized carbons (Fsp3) is 0.515. The summed E-state index contributed by atoms with van der Waals surface area (Å²) in [7, 11) is 0.238. The van der Waals surface area contributed by atoms with Gasteiger partial charge in [0.1, 0.15) is 22.3 Å². The number of sulfonamides is 1. The van der Waals surface area contributed by atoms with E-state index in [1.165, 1.54) is 16.8 Å². The summed E-state index contributed by atoms with van der Waals surface area (Å²) in [4.78, 5) is 16.5. The van der Waals surface area contributed by atoms with Crippen molar-refractivity contribution in [3.05, 3.63) is 41.6 Å². The van der Waals surface area contributed by atoms with Crippen LogP contribution in [0.1, 0.15) is 26.2 Å². The molecule has 2 aromatic carbocycles. The Morgan fingerprint density at radius 1 is 1.02 bits per heavy atom. The molecule has 48 heavy (non-hydrogen) atoms. The van der Waals surface area contributed by atoms with E-state index in [0.29, 0.717) is 60.1 Å². The first-order chi connectivity index (χ1) is 23.1. The van der Waals surface area contributed by atoms with E-state index in [1.54, 1.807) is 32.2 Å². The fourth-order valence-corrected chi connectivity index (χ4v) is 7.64. The van der Waals surface area contributed by atoms with E-state index >= 15 is 0 Å². The number of nitrogens with one attached hydrogen (secondary N) is 2. The van der Waals surface area contributed by atoms with Crippen molar-refractivity contribution in [2.24, 2.45) is 0 Å². The molecule has 6 bridgehead atoms. The van der Waals surface area contributed by atoms with Crippen molar-refractivity contribution in [3.63, 3.8) is 0 Å². The first kappa shape index (κ1) is 34.2. The third-order valence-electron chi connectivity index (χ3n) is 9.12. The van der Waals surface area contributed by atoms with Crippen molar-refractivity contribution in [1.29, 1.82) is 0 Å². The third kappa shape index (κ3) is 7.77. The first-order valence-electron chi connectivity index (χ1n) is 16.5. The van der Waals surface area contributed by atoms with Crippen LogP contribution >= 0.6 is 11.6 Å². The highest BCUT2D eigenvalue weighted by atomic mass is 35.5. The number of methoxy groups -OCH3 is 1. The van der Waals surface area contributed by atoms with Crippen LogP contribution in [0.2, 0.25) is 5.02 Å². The number of likely N-dealkylation sites (N-methyl/N-ethyl adjacent to an activating group) is 1. The van der Waals surface area contributed by atoms with Gasteiger partial charge in [-0.3, -0.25) is 9.21 Å². The monoisotopic (exact) mass is 700 g/mol. The Hall–Kier alpha value is -3.72. The molecule has 7 rings (SSSR count). The molecule has 5 heterocycles. The minimum Gasteiger partial charge on any atom is -0.494 e. The summed E-state index contributed by atoms with van der Waals surface area (Å²) in [6, 6.07) is 9.78. The molecule has 4 aliphatic rings. The summed E-state index contributed by atoms with van der Waals surface area (Å²) in [5, 5.41) is 6.77. The number of nitrogens with zero attached hydrogens (tertiary/aromatic N) is 6. The zero-order chi connectivity index (χ0) is 33.8. The van der Waals surface area contributed by atoms with E-state index in [1.807, 2.05) is 12.1 Å². The van der Waals surface area contributed by atoms with Gasteiger partial charge < -0.3 is 34.6 Å². The molecule has 3 aromatic rings. The van der Waals surface area contributed by atoms with E-state index in [4.69, 9.17) is 25.8 Å². The highest BCUT2D eigenvalue weighted by Gasteiger charge is 2.29. The van der Waals surface area contributed by atoms with E-state index in [0.717, 1.165) is 63.5 Å². The molecule has 2 N–H and O–H groups in total. The fourth-order valence-electron chi connectivity index (χ4n) is 6.53. The molecule has 1 aromatic heterocycles. The summed E-state index contributed by atoms with van der Waals surface area (Å²) in [6.45, 7) is 9.10. The maximum atomic E-state index is 12.7. The number of ether oxygens (including phenoxy) is 3. The molecule has 4 aliphatic heterocycles. The van der Waals surface area contributed by atoms with Crippen LogP contribution in [-0.4, -0.2) is 114 Å². The standard InChI is InChI=1S/C33H45ClN8O5S/c1-5-42(48(4,43)44)28-19-24-7-8-26(28)36-32-25(34)22-35-33(38-32)37-27-20-31(47-18-6-17-46-24)29(21-30(27)45-3)41-11-9-23(10-12-41)40-15-13-39(2)14-16-40/h7-8,19-23H,5-6,9-18H2,1-4H3,(H2,35,36,37,38). The second-order valence-corrected chi connectivity index (χ2v) is 14.7. The predicted octanol–water partition coefficient (Wildman–Crippen LogP) is 4.79. The number of hydrogen-bond acceptors (Lipinski definition) is 12. The van der Waals surface area contributed by atoms with Crippen LogP contribution in [-0.2, 0) is 10.0 Å². The lowest BCUT2D eigenvalue weighted by Crippen LogP contribution is -2.52. The molecule has 0 unspecified atom stereocenters. The molecule has 0 spiro atoms. The van der Waals surface area contributed by atoms with Crippen molar-refractivity contribution in [1.82, 2.24) is 19.8 Å². The molecule has 0 amide bonds. The Kier molecular flexibility index (Phi) is 10.5. The zero-order valence-corrected chi connectivity index (χ0v) is 29.6. The normalized spacial score (nSPS) is 18.2. The van der Waals surface area contributed by atoms with Crippen LogP contribution in [0.5, 0.6) is 17.2 Å². The van der Waals surface area contributed by atoms with Gasteiger partial charge in [0, 0.05) is 76.5 Å². The highest BCUT2D eigenvalue weighted by molar-refractivity contribution is 7.92. The van der Waals surface area contributed by atoms with Crippen LogP contribution in [0.4, 0.5) is 34.5 Å². The van der Waals surface area contributed by atoms with Gasteiger partial charge in [0.15, 0.2) is 5.82 Å². The lowest BCUT2D eigenvalue weighted by atomic mass is 10.0. The Balaban J connectivity index is 1.30. The summed E-state index contributed by atoms with van der Waals surface area (Å²) >= 11 is 6.55. The topological polar surface area (TPSA) is 125 Å². The zero-order valence-electron chi connectivity index (χ0n) is 28.0. The predicted molar refractivity (Wildman–Crippen MR) is 191 cm³/mol. The number of hydrogen-bond donors (Lipinski definition) is 2. The Labute approximate surface area is 288 Å². The van der Waals surface area contributed by atoms with E-state index in [-0.39, 0.29) is 17.5 Å². The van der Waals surface area contributed by atoms with Crippen LogP contribution in [0, 0.1) is 0 Å². The van der Waals surface area contributed by atoms with Gasteiger partial charge in [-0.15, -0.1) is 0 Å². The quantitative estimate of drug-likeness (QED) is 0.368. The Bertz CT molecular complexity index is 1700. The molecule has 13 nitrogen and oxygen atoms in total. The van der Waals surface area contributed by atoms with Crippen molar-refractivity contribution in [3.8, 4) is 17.2 Å². The third-order valence-corrected chi connectivity index (χ3v) is 10.7. The van der Waals surface area contributed by atoms with E-state index in [9.17, 15) is 8.42 Å². The van der Waals surface area contributed by atoms with Gasteiger partial charge in [-0.1, -0.05) is 11.6 Å². The summed E-state index contributed by atoms with van der Waals surface area (Å²) < 4.78 is 45.2. The van der Waals surface area contributed by atoms with Crippen molar-refractivity contribution in [2.75, 3.05) is 99.3 Å². The van der Waals surface area contributed by atoms with Crippen molar-refractivity contribution in [2.45, 2.75) is 32.2 Å². The van der Waals surface area contributed by atoms with Gasteiger partial charge in [-0.2, -0.15) is 4.98 Å². The summed E-state index contributed by atoms with van der Waals surface area (Å²) in [5.74, 6) is 2.46. The van der Waals surface area contributed by atoms with E-state index < -0.39 is 10.0 Å². The number of halogens is 1. The maximum Gasteiger partial charge on any atom is 0.232 e.